The summed E-state index contributed by atoms with van der Waals surface area (Å²) in [5, 5.41) is 0. The van der Waals surface area contributed by atoms with E-state index in [1.54, 1.807) is 24.3 Å². The Hall–Kier alpha value is -1.37. The van der Waals surface area contributed by atoms with Gasteiger partial charge in [0, 0.05) is 29.3 Å². The number of halogens is 1. The highest BCUT2D eigenvalue weighted by Crippen LogP contribution is 2.29. The third-order valence-corrected chi connectivity index (χ3v) is 6.12. The summed E-state index contributed by atoms with van der Waals surface area (Å²) in [6.07, 6.45) is 1.01. The van der Waals surface area contributed by atoms with Crippen LogP contribution in [0.25, 0.3) is 0 Å². The normalized spacial score (nSPS) is 15.5. The van der Waals surface area contributed by atoms with Crippen LogP contribution in [0.15, 0.2) is 57.9 Å². The highest BCUT2D eigenvalue weighted by Gasteiger charge is 2.24. The number of benzene rings is 2. The molecule has 1 aliphatic rings. The van der Waals surface area contributed by atoms with Crippen LogP contribution in [0, 0.1) is 0 Å². The molecule has 122 valence electrons. The second-order valence-electron chi connectivity index (χ2n) is 5.73. The van der Waals surface area contributed by atoms with Gasteiger partial charge in [-0.15, -0.1) is 0 Å². The fourth-order valence-electron chi connectivity index (χ4n) is 2.86. The van der Waals surface area contributed by atoms with Crippen LogP contribution in [0.5, 0.6) is 0 Å². The molecule has 23 heavy (non-hydrogen) atoms. The highest BCUT2D eigenvalue weighted by molar-refractivity contribution is 9.10. The number of sulfonamides is 1. The Balaban J connectivity index is 1.67. The number of nitrogens with one attached hydrogen (secondary N) is 1. The Bertz CT molecular complexity index is 790. The molecule has 0 saturated carbocycles. The van der Waals surface area contributed by atoms with Crippen LogP contribution < -0.4 is 9.62 Å². The molecule has 6 heteroatoms. The van der Waals surface area contributed by atoms with Gasteiger partial charge in [-0.1, -0.05) is 34.1 Å². The summed E-state index contributed by atoms with van der Waals surface area (Å²) >= 11 is 3.31. The minimum atomic E-state index is -3.48. The second kappa shape index (κ2) is 6.63. The van der Waals surface area contributed by atoms with Gasteiger partial charge in [-0.05, 0) is 49.2 Å². The van der Waals surface area contributed by atoms with Crippen LogP contribution in [-0.2, 0) is 16.4 Å². The van der Waals surface area contributed by atoms with E-state index in [9.17, 15) is 8.42 Å². The zero-order valence-corrected chi connectivity index (χ0v) is 15.3. The molecular formula is C17H19BrN2O2S. The second-order valence-corrected chi connectivity index (χ2v) is 8.41. The number of para-hydroxylation sites is 1. The molecule has 0 amide bonds. The van der Waals surface area contributed by atoms with Gasteiger partial charge in [0.2, 0.25) is 10.0 Å². The van der Waals surface area contributed by atoms with E-state index in [2.05, 4.69) is 37.7 Å². The van der Waals surface area contributed by atoms with E-state index in [1.807, 2.05) is 19.1 Å². The average Bonchev–Trinajstić information content (AvgIpc) is 2.97. The lowest BCUT2D eigenvalue weighted by Crippen LogP contribution is -2.41. The van der Waals surface area contributed by atoms with Crippen molar-refractivity contribution in [3.63, 3.8) is 0 Å². The lowest BCUT2D eigenvalue weighted by atomic mass is 10.2. The van der Waals surface area contributed by atoms with Crippen molar-refractivity contribution in [1.82, 2.24) is 4.72 Å². The van der Waals surface area contributed by atoms with Gasteiger partial charge in [0.1, 0.15) is 0 Å². The zero-order chi connectivity index (χ0) is 16.4. The molecule has 0 aromatic heterocycles. The quantitative estimate of drug-likeness (QED) is 0.846. The maximum absolute atomic E-state index is 12.4. The predicted molar refractivity (Wildman–Crippen MR) is 96.3 cm³/mol. The number of anilines is 1. The first-order valence-electron chi connectivity index (χ1n) is 7.57. The summed E-state index contributed by atoms with van der Waals surface area (Å²) in [4.78, 5) is 2.55. The molecule has 1 atom stereocenters. The lowest BCUT2D eigenvalue weighted by molar-refractivity contribution is 0.566. The Labute approximate surface area is 145 Å². The van der Waals surface area contributed by atoms with Gasteiger partial charge in [0.25, 0.3) is 0 Å². The number of hydrogen-bond acceptors (Lipinski definition) is 3. The first-order chi connectivity index (χ1) is 11.0. The summed E-state index contributed by atoms with van der Waals surface area (Å²) < 4.78 is 28.3. The molecule has 2 aromatic rings. The number of fused-ring (bicyclic) bond motifs is 1. The van der Waals surface area contributed by atoms with E-state index in [4.69, 9.17) is 0 Å². The monoisotopic (exact) mass is 394 g/mol. The zero-order valence-electron chi connectivity index (χ0n) is 12.9. The molecule has 1 N–H and O–H groups in total. The molecule has 0 spiro atoms. The Morgan fingerprint density at radius 3 is 2.61 bits per heavy atom. The van der Waals surface area contributed by atoms with Gasteiger partial charge < -0.3 is 4.90 Å². The molecule has 0 saturated heterocycles. The summed E-state index contributed by atoms with van der Waals surface area (Å²) in [6.45, 7) is 3.36. The van der Waals surface area contributed by atoms with Gasteiger partial charge in [0.15, 0.2) is 0 Å². The van der Waals surface area contributed by atoms with Crippen LogP contribution in [0.2, 0.25) is 0 Å². The third-order valence-electron chi connectivity index (χ3n) is 4.15. The lowest BCUT2D eigenvalue weighted by Gasteiger charge is -2.27. The smallest absolute Gasteiger partial charge is 0.240 e. The van der Waals surface area contributed by atoms with Crippen molar-refractivity contribution in [2.75, 3.05) is 18.0 Å². The Morgan fingerprint density at radius 2 is 1.87 bits per heavy atom. The van der Waals surface area contributed by atoms with Crippen LogP contribution in [0.1, 0.15) is 12.5 Å². The Kier molecular flexibility index (Phi) is 4.75. The number of rotatable bonds is 5. The van der Waals surface area contributed by atoms with E-state index in [1.165, 1.54) is 11.3 Å². The van der Waals surface area contributed by atoms with Gasteiger partial charge in [-0.2, -0.15) is 0 Å². The summed E-state index contributed by atoms with van der Waals surface area (Å²) in [6, 6.07) is 15.1. The highest BCUT2D eigenvalue weighted by atomic mass is 79.9. The molecule has 1 aliphatic heterocycles. The number of nitrogens with zero attached hydrogens (tertiary/aromatic N) is 1. The molecule has 4 nitrogen and oxygen atoms in total. The van der Waals surface area contributed by atoms with Gasteiger partial charge in [0.05, 0.1) is 4.90 Å². The van der Waals surface area contributed by atoms with E-state index in [0.717, 1.165) is 17.4 Å². The minimum absolute atomic E-state index is 0.101. The van der Waals surface area contributed by atoms with Crippen LogP contribution >= 0.6 is 15.9 Å². The van der Waals surface area contributed by atoms with Crippen molar-refractivity contribution in [1.29, 1.82) is 0 Å². The van der Waals surface area contributed by atoms with Crippen molar-refractivity contribution in [2.45, 2.75) is 24.3 Å². The van der Waals surface area contributed by atoms with Gasteiger partial charge >= 0.3 is 0 Å². The molecule has 1 unspecified atom stereocenters. The molecule has 2 aromatic carbocycles. The maximum atomic E-state index is 12.4. The fraction of sp³-hybridized carbons (Fsp3) is 0.294. The third kappa shape index (κ3) is 3.59. The first-order valence-corrected chi connectivity index (χ1v) is 9.85. The van der Waals surface area contributed by atoms with Crippen molar-refractivity contribution >= 4 is 31.6 Å². The molecule has 0 radical (unpaired) electrons. The largest absolute Gasteiger partial charge is 0.367 e. The standard InChI is InChI=1S/C17H19BrN2O2S/c1-13(20-11-10-14-4-2-3-5-17(14)20)12-19-23(21,22)16-8-6-15(18)7-9-16/h2-9,13,19H,10-12H2,1H3. The molecule has 3 rings (SSSR count). The van der Waals surface area contributed by atoms with Crippen molar-refractivity contribution in [3.8, 4) is 0 Å². The van der Waals surface area contributed by atoms with Crippen LogP contribution in [0.4, 0.5) is 5.69 Å². The van der Waals surface area contributed by atoms with E-state index in [0.29, 0.717) is 6.54 Å². The average molecular weight is 395 g/mol. The summed E-state index contributed by atoms with van der Waals surface area (Å²) in [5.41, 5.74) is 2.54. The van der Waals surface area contributed by atoms with Gasteiger partial charge in [-0.25, -0.2) is 13.1 Å². The fourth-order valence-corrected chi connectivity index (χ4v) is 4.25. The SMILES string of the molecule is CC(CNS(=O)(=O)c1ccc(Br)cc1)N1CCc2ccccc21. The van der Waals surface area contributed by atoms with Crippen LogP contribution in [-0.4, -0.2) is 27.5 Å². The molecule has 0 bridgehead atoms. The van der Waals surface area contributed by atoms with Crippen LogP contribution in [0.3, 0.4) is 0 Å². The predicted octanol–water partition coefficient (Wildman–Crippen LogP) is 3.18. The van der Waals surface area contributed by atoms with Crippen molar-refractivity contribution < 1.29 is 8.42 Å². The summed E-state index contributed by atoms with van der Waals surface area (Å²) in [7, 11) is -3.48. The van der Waals surface area contributed by atoms with Gasteiger partial charge in [-0.3, -0.25) is 0 Å². The topological polar surface area (TPSA) is 49.4 Å². The minimum Gasteiger partial charge on any atom is -0.367 e. The number of hydrogen-bond donors (Lipinski definition) is 1. The molecule has 0 aliphatic carbocycles. The van der Waals surface area contributed by atoms with Crippen molar-refractivity contribution in [3.05, 3.63) is 58.6 Å². The maximum Gasteiger partial charge on any atom is 0.240 e. The van der Waals surface area contributed by atoms with E-state index in [-0.39, 0.29) is 10.9 Å². The molecular weight excluding hydrogens is 376 g/mol. The Morgan fingerprint density at radius 1 is 1.17 bits per heavy atom. The molecule has 1 heterocycles. The van der Waals surface area contributed by atoms with Crippen molar-refractivity contribution in [2.24, 2.45) is 0 Å². The molecule has 0 fully saturated rings. The van der Waals surface area contributed by atoms with E-state index < -0.39 is 10.0 Å². The summed E-state index contributed by atoms with van der Waals surface area (Å²) in [5.74, 6) is 0. The first kappa shape index (κ1) is 16.5. The van der Waals surface area contributed by atoms with E-state index >= 15 is 0 Å².